The van der Waals surface area contributed by atoms with Gasteiger partial charge in [0.2, 0.25) is 0 Å². The van der Waals surface area contributed by atoms with E-state index >= 15 is 0 Å². The van der Waals surface area contributed by atoms with E-state index in [1.807, 2.05) is 6.07 Å². The summed E-state index contributed by atoms with van der Waals surface area (Å²) in [5, 5.41) is 9.16. The van der Waals surface area contributed by atoms with Gasteiger partial charge in [-0.1, -0.05) is 6.07 Å². The molecule has 0 spiro atoms. The van der Waals surface area contributed by atoms with Crippen LogP contribution in [0.15, 0.2) is 24.3 Å². The van der Waals surface area contributed by atoms with E-state index in [1.54, 1.807) is 18.2 Å². The van der Waals surface area contributed by atoms with Crippen molar-refractivity contribution in [2.75, 3.05) is 0 Å². The van der Waals surface area contributed by atoms with Gasteiger partial charge in [0.15, 0.2) is 0 Å². The van der Waals surface area contributed by atoms with Gasteiger partial charge in [-0.15, -0.1) is 0 Å². The lowest BCUT2D eigenvalue weighted by Crippen LogP contribution is -2.43. The smallest absolute Gasteiger partial charge is 0.123 e. The normalized spacial score (nSPS) is 26.5. The summed E-state index contributed by atoms with van der Waals surface area (Å²) in [6.07, 6.45) is 2.06. The summed E-state index contributed by atoms with van der Waals surface area (Å²) in [6, 6.07) is 7.14. The Labute approximate surface area is 77.1 Å². The first kappa shape index (κ1) is 8.38. The molecule has 0 amide bonds. The van der Waals surface area contributed by atoms with Crippen LogP contribution in [-0.2, 0) is 0 Å². The number of rotatable bonds is 2. The average molecular weight is 179 g/mol. The van der Waals surface area contributed by atoms with Gasteiger partial charge < -0.3 is 15.6 Å². The van der Waals surface area contributed by atoms with E-state index in [1.165, 1.54) is 0 Å². The molecule has 0 saturated heterocycles. The van der Waals surface area contributed by atoms with Gasteiger partial charge in [-0.05, 0) is 25.0 Å². The van der Waals surface area contributed by atoms with E-state index in [-0.39, 0.29) is 11.9 Å². The zero-order valence-corrected chi connectivity index (χ0v) is 7.31. The third-order valence-electron chi connectivity index (χ3n) is 2.25. The van der Waals surface area contributed by atoms with Crippen LogP contribution < -0.4 is 10.5 Å². The highest BCUT2D eigenvalue weighted by molar-refractivity contribution is 5.32. The maximum absolute atomic E-state index is 9.16. The fourth-order valence-corrected chi connectivity index (χ4v) is 1.45. The minimum atomic E-state index is 0.233. The van der Waals surface area contributed by atoms with Crippen LogP contribution in [0, 0.1) is 0 Å². The maximum atomic E-state index is 9.16. The SMILES string of the molecule is NC1CC(Oc2cccc(O)c2)C1. The van der Waals surface area contributed by atoms with Crippen molar-refractivity contribution in [3.05, 3.63) is 24.3 Å². The van der Waals surface area contributed by atoms with Crippen LogP contribution in [0.3, 0.4) is 0 Å². The molecule has 13 heavy (non-hydrogen) atoms. The number of benzene rings is 1. The predicted octanol–water partition coefficient (Wildman–Crippen LogP) is 1.26. The van der Waals surface area contributed by atoms with Crippen LogP contribution in [0.25, 0.3) is 0 Å². The van der Waals surface area contributed by atoms with Crippen molar-refractivity contribution in [3.63, 3.8) is 0 Å². The summed E-state index contributed by atoms with van der Waals surface area (Å²) in [4.78, 5) is 0. The van der Waals surface area contributed by atoms with Crippen molar-refractivity contribution in [1.29, 1.82) is 0 Å². The molecule has 0 atom stereocenters. The topological polar surface area (TPSA) is 55.5 Å². The lowest BCUT2D eigenvalue weighted by Gasteiger charge is -2.32. The molecule has 1 aromatic rings. The molecule has 1 fully saturated rings. The summed E-state index contributed by atoms with van der Waals surface area (Å²) in [7, 11) is 0. The zero-order chi connectivity index (χ0) is 9.26. The monoisotopic (exact) mass is 179 g/mol. The summed E-state index contributed by atoms with van der Waals surface area (Å²) in [5.41, 5.74) is 5.62. The van der Waals surface area contributed by atoms with E-state index in [0.717, 1.165) is 18.6 Å². The van der Waals surface area contributed by atoms with Crippen LogP contribution >= 0.6 is 0 Å². The van der Waals surface area contributed by atoms with Crippen molar-refractivity contribution >= 4 is 0 Å². The molecule has 2 rings (SSSR count). The van der Waals surface area contributed by atoms with E-state index in [2.05, 4.69) is 0 Å². The maximum Gasteiger partial charge on any atom is 0.123 e. The summed E-state index contributed by atoms with van der Waals surface area (Å²) in [6.45, 7) is 0. The molecule has 70 valence electrons. The Morgan fingerprint density at radius 2 is 2.15 bits per heavy atom. The minimum Gasteiger partial charge on any atom is -0.508 e. The average Bonchev–Trinajstić information content (AvgIpc) is 2.01. The molecular weight excluding hydrogens is 166 g/mol. The molecule has 0 aromatic heterocycles. The van der Waals surface area contributed by atoms with Gasteiger partial charge in [-0.25, -0.2) is 0 Å². The van der Waals surface area contributed by atoms with E-state index in [9.17, 15) is 0 Å². The fourth-order valence-electron chi connectivity index (χ4n) is 1.45. The zero-order valence-electron chi connectivity index (χ0n) is 7.31. The summed E-state index contributed by atoms with van der Waals surface area (Å²) >= 11 is 0. The molecule has 3 N–H and O–H groups in total. The van der Waals surface area contributed by atoms with Gasteiger partial charge in [0.1, 0.15) is 17.6 Å². The molecule has 3 nitrogen and oxygen atoms in total. The third kappa shape index (κ3) is 1.92. The molecule has 0 heterocycles. The Morgan fingerprint density at radius 1 is 1.38 bits per heavy atom. The lowest BCUT2D eigenvalue weighted by molar-refractivity contribution is 0.101. The number of aromatic hydroxyl groups is 1. The largest absolute Gasteiger partial charge is 0.508 e. The number of phenolic OH excluding ortho intramolecular Hbond substituents is 1. The molecule has 0 aliphatic heterocycles. The second kappa shape index (κ2) is 3.26. The number of ether oxygens (including phenoxy) is 1. The van der Waals surface area contributed by atoms with Crippen molar-refractivity contribution in [3.8, 4) is 11.5 Å². The van der Waals surface area contributed by atoms with Gasteiger partial charge in [0.05, 0.1) is 0 Å². The molecular formula is C10H13NO2. The van der Waals surface area contributed by atoms with E-state index in [4.69, 9.17) is 15.6 Å². The second-order valence-corrected chi connectivity index (χ2v) is 3.47. The van der Waals surface area contributed by atoms with Crippen LogP contribution in [0.4, 0.5) is 0 Å². The van der Waals surface area contributed by atoms with Crippen LogP contribution in [-0.4, -0.2) is 17.3 Å². The van der Waals surface area contributed by atoms with Crippen molar-refractivity contribution in [1.82, 2.24) is 0 Å². The Bertz CT molecular complexity index is 295. The number of hydrogen-bond acceptors (Lipinski definition) is 3. The molecule has 0 unspecified atom stereocenters. The molecule has 3 heteroatoms. The fraction of sp³-hybridized carbons (Fsp3) is 0.400. The Balaban J connectivity index is 1.94. The van der Waals surface area contributed by atoms with Gasteiger partial charge in [-0.3, -0.25) is 0 Å². The minimum absolute atomic E-state index is 0.233. The van der Waals surface area contributed by atoms with Crippen molar-refractivity contribution in [2.45, 2.75) is 25.0 Å². The van der Waals surface area contributed by atoms with Crippen LogP contribution in [0.2, 0.25) is 0 Å². The molecule has 1 saturated carbocycles. The highest BCUT2D eigenvalue weighted by atomic mass is 16.5. The predicted molar refractivity (Wildman–Crippen MR) is 49.7 cm³/mol. The first-order valence-electron chi connectivity index (χ1n) is 4.45. The molecule has 1 aromatic carbocycles. The molecule has 0 radical (unpaired) electrons. The molecule has 1 aliphatic rings. The van der Waals surface area contributed by atoms with Crippen molar-refractivity contribution < 1.29 is 9.84 Å². The van der Waals surface area contributed by atoms with Crippen LogP contribution in [0.1, 0.15) is 12.8 Å². The summed E-state index contributed by atoms with van der Waals surface area (Å²) < 4.78 is 5.56. The van der Waals surface area contributed by atoms with Gasteiger partial charge in [0, 0.05) is 12.1 Å². The summed E-state index contributed by atoms with van der Waals surface area (Å²) in [5.74, 6) is 0.957. The number of phenols is 1. The van der Waals surface area contributed by atoms with E-state index < -0.39 is 0 Å². The highest BCUT2D eigenvalue weighted by Gasteiger charge is 2.27. The number of nitrogens with two attached hydrogens (primary N) is 1. The Kier molecular flexibility index (Phi) is 2.10. The second-order valence-electron chi connectivity index (χ2n) is 3.47. The first-order valence-corrected chi connectivity index (χ1v) is 4.45. The number of hydrogen-bond donors (Lipinski definition) is 2. The lowest BCUT2D eigenvalue weighted by atomic mass is 9.90. The van der Waals surface area contributed by atoms with E-state index in [0.29, 0.717) is 6.04 Å². The first-order chi connectivity index (χ1) is 6.24. The Morgan fingerprint density at radius 3 is 2.77 bits per heavy atom. The van der Waals surface area contributed by atoms with Gasteiger partial charge >= 0.3 is 0 Å². The highest BCUT2D eigenvalue weighted by Crippen LogP contribution is 2.26. The van der Waals surface area contributed by atoms with Gasteiger partial charge in [-0.2, -0.15) is 0 Å². The van der Waals surface area contributed by atoms with Gasteiger partial charge in [0.25, 0.3) is 0 Å². The standard InChI is InChI=1S/C10H13NO2/c11-7-4-10(5-7)13-9-3-1-2-8(12)6-9/h1-3,6-7,10,12H,4-5,11H2. The molecule has 0 bridgehead atoms. The quantitative estimate of drug-likeness (QED) is 0.718. The molecule has 1 aliphatic carbocycles. The van der Waals surface area contributed by atoms with Crippen molar-refractivity contribution in [2.24, 2.45) is 5.73 Å². The Hall–Kier alpha value is -1.22. The van der Waals surface area contributed by atoms with Crippen LogP contribution in [0.5, 0.6) is 11.5 Å². The third-order valence-corrected chi connectivity index (χ3v) is 2.25.